The van der Waals surface area contributed by atoms with Crippen LogP contribution in [0, 0.1) is 90.0 Å². The monoisotopic (exact) mass is 1790 g/mol. The van der Waals surface area contributed by atoms with Gasteiger partial charge in [0.1, 0.15) is 11.5 Å². The van der Waals surface area contributed by atoms with Crippen LogP contribution in [0.25, 0.3) is 11.1 Å². The molecule has 26 nitrogen and oxygen atoms in total. The van der Waals surface area contributed by atoms with Crippen molar-refractivity contribution in [3.05, 3.63) is 353 Å². The van der Waals surface area contributed by atoms with Crippen LogP contribution in [0.2, 0.25) is 0 Å². The molecule has 0 saturated heterocycles. The van der Waals surface area contributed by atoms with Crippen LogP contribution >= 0.6 is 0 Å². The molecule has 11 aromatic rings. The first-order chi connectivity index (χ1) is 59.4. The number of carbonyl (C=O) groups excluding carboxylic acids is 13. The van der Waals surface area contributed by atoms with Crippen molar-refractivity contribution >= 4 is 82.4 Å². The molecule has 0 spiro atoms. The van der Waals surface area contributed by atoms with E-state index in [-0.39, 0.29) is 76.6 Å². The van der Waals surface area contributed by atoms with Gasteiger partial charge >= 0.3 is 79.1 Å². The fourth-order valence-corrected chi connectivity index (χ4v) is 12.1. The van der Waals surface area contributed by atoms with E-state index in [0.29, 0.717) is 51.1 Å². The summed E-state index contributed by atoms with van der Waals surface area (Å²) < 4.78 is 114. The van der Waals surface area contributed by atoms with Crippen LogP contribution in [0.15, 0.2) is 240 Å². The average Bonchev–Trinajstić information content (AvgIpc) is 0.713. The Morgan fingerprint density at radius 3 is 0.938 bits per heavy atom. The van der Waals surface area contributed by atoms with Gasteiger partial charge in [-0.1, -0.05) is 199 Å². The molecular formula is C95H86F6O26S. The van der Waals surface area contributed by atoms with Gasteiger partial charge in [0.15, 0.2) is 5.78 Å². The maximum atomic E-state index is 13.9. The molecule has 0 heterocycles. The van der Waals surface area contributed by atoms with Crippen LogP contribution in [0.1, 0.15) is 159 Å². The molecule has 0 aliphatic rings. The predicted molar refractivity (Wildman–Crippen MR) is 445 cm³/mol. The lowest BCUT2D eigenvalue weighted by atomic mass is 9.72. The average molecular weight is 1790 g/mol. The number of ketones is 1. The van der Waals surface area contributed by atoms with Crippen molar-refractivity contribution in [3.63, 3.8) is 0 Å². The van der Waals surface area contributed by atoms with Gasteiger partial charge in [0.05, 0.1) is 37.6 Å². The Kier molecular flexibility index (Phi) is 49.9. The highest BCUT2D eigenvalue weighted by atomic mass is 32.2. The van der Waals surface area contributed by atoms with Gasteiger partial charge in [-0.25, -0.2) is 32.4 Å². The zero-order valence-electron chi connectivity index (χ0n) is 69.9. The number of halogens is 6. The van der Waals surface area contributed by atoms with Crippen LogP contribution < -0.4 is 4.74 Å². The van der Waals surface area contributed by atoms with E-state index in [4.69, 9.17) is 87.8 Å². The van der Waals surface area contributed by atoms with E-state index in [0.717, 1.165) is 80.8 Å². The Labute approximate surface area is 730 Å². The second-order valence-corrected chi connectivity index (χ2v) is 28.5. The molecule has 0 unspecified atom stereocenters. The molecule has 0 atom stereocenters. The van der Waals surface area contributed by atoms with Gasteiger partial charge in [0, 0.05) is 11.1 Å². The van der Waals surface area contributed by atoms with Gasteiger partial charge in [0.2, 0.25) is 15.3 Å². The van der Waals surface area contributed by atoms with Gasteiger partial charge in [-0.3, -0.25) is 4.79 Å². The molecule has 0 saturated carbocycles. The zero-order valence-corrected chi connectivity index (χ0v) is 70.7. The van der Waals surface area contributed by atoms with Crippen LogP contribution in [-0.2, 0) is 72.8 Å². The van der Waals surface area contributed by atoms with E-state index in [9.17, 15) is 63.5 Å². The standard InChI is InChI=1S/C18H14F6O2.C16H14O3.C15H14O4S.C15H14O2.C15H16O.C9H10O2.6CO2.CH4/c1-10-3-6-12(7-4-10)16(17(19,20)21,18(22,23)24)13-8-5-11(2)14(9-13)15(25)26;1-10-3-6-12(7-4-10)15(17)13-8-5-11(2)14(9-13)16(18)19;1-10-3-6-12(7-4-10)20(18,19)13-8-5-11(2)14(9-13)15(16)17;1-10-3-6-12(7-4-10)13-8-5-11(2)14(9-13)15(16)17;1-11-4-7-14(8-5-11)16-15-9-6-12(2)13(3)10-15;1-6-3-4-7(2)8(5-6)9(10)11;6*2-1-3;/h3-9H,1-2H3,(H,25,26);3-9H,1-2H3,(H,18,19);3-9H,1-2H3,(H,16,17);3-9H,1-2H3,(H,16,17);4-10H,1-3H3;3-5H,1-2H3,(H,10,11);;;;;;;1H4. The molecule has 33 heteroatoms. The fourth-order valence-electron chi connectivity index (χ4n) is 10.9. The summed E-state index contributed by atoms with van der Waals surface area (Å²) in [5.74, 6) is -3.88. The molecule has 11 rings (SSSR count). The van der Waals surface area contributed by atoms with Gasteiger partial charge in [-0.05, 0) is 224 Å². The number of benzene rings is 11. The third kappa shape index (κ3) is 36.2. The van der Waals surface area contributed by atoms with Gasteiger partial charge in [-0.2, -0.15) is 83.9 Å². The molecule has 0 amide bonds. The summed E-state index contributed by atoms with van der Waals surface area (Å²) >= 11 is 0. The molecule has 11 aromatic carbocycles. The first kappa shape index (κ1) is 114. The van der Waals surface area contributed by atoms with E-state index < -0.39 is 74.1 Å². The van der Waals surface area contributed by atoms with Crippen LogP contribution in [-0.4, -0.2) is 119 Å². The molecule has 0 aliphatic heterocycles. The lowest BCUT2D eigenvalue weighted by molar-refractivity contribution is -0.288. The highest BCUT2D eigenvalue weighted by molar-refractivity contribution is 7.91. The van der Waals surface area contributed by atoms with Crippen LogP contribution in [0.5, 0.6) is 11.5 Å². The molecular weight excluding hydrogens is 1700 g/mol. The van der Waals surface area contributed by atoms with Crippen molar-refractivity contribution in [3.8, 4) is 22.6 Å². The van der Waals surface area contributed by atoms with E-state index in [2.05, 4.69) is 45.0 Å². The first-order valence-electron chi connectivity index (χ1n) is 36.1. The fraction of sp³-hybridized carbons (Fsp3) is 0.179. The van der Waals surface area contributed by atoms with Crippen molar-refractivity contribution in [2.24, 2.45) is 0 Å². The van der Waals surface area contributed by atoms with Crippen molar-refractivity contribution in [1.82, 2.24) is 0 Å². The number of ether oxygens (including phenoxy) is 1. The Morgan fingerprint density at radius 1 is 0.273 bits per heavy atom. The number of sulfone groups is 1. The summed E-state index contributed by atoms with van der Waals surface area (Å²) in [5.41, 5.74) is 7.99. The number of carboxylic acids is 5. The van der Waals surface area contributed by atoms with Crippen molar-refractivity contribution in [2.45, 2.75) is 125 Å². The topological polar surface area (TPSA) is 452 Å². The smallest absolute Gasteiger partial charge is 0.411 e. The maximum absolute atomic E-state index is 13.9. The van der Waals surface area contributed by atoms with Gasteiger partial charge in [-0.15, -0.1) is 0 Å². The number of rotatable bonds is 14. The first-order valence-corrected chi connectivity index (χ1v) is 37.6. The lowest BCUT2D eigenvalue weighted by Crippen LogP contribution is -2.54. The third-order valence-corrected chi connectivity index (χ3v) is 19.3. The minimum absolute atomic E-state index is 0. The lowest BCUT2D eigenvalue weighted by Gasteiger charge is -2.38. The Bertz CT molecular complexity index is 5800. The van der Waals surface area contributed by atoms with Crippen LogP contribution in [0.3, 0.4) is 0 Å². The highest BCUT2D eigenvalue weighted by Crippen LogP contribution is 2.56. The van der Waals surface area contributed by atoms with Crippen molar-refractivity contribution in [1.29, 1.82) is 0 Å². The second-order valence-electron chi connectivity index (χ2n) is 26.6. The number of aryl methyl sites for hydroxylation is 13. The number of hydrogen-bond acceptors (Lipinski definition) is 21. The predicted octanol–water partition coefficient (Wildman–Crippen LogP) is 18.7. The number of aromatic carboxylic acids is 5. The van der Waals surface area contributed by atoms with E-state index in [1.165, 1.54) is 72.5 Å². The van der Waals surface area contributed by atoms with E-state index >= 15 is 0 Å². The summed E-state index contributed by atoms with van der Waals surface area (Å²) in [6.07, 6.45) is -9.99. The minimum atomic E-state index is -5.74. The molecule has 670 valence electrons. The van der Waals surface area contributed by atoms with Gasteiger partial charge in [0.25, 0.3) is 0 Å². The zero-order chi connectivity index (χ0) is 97.4. The summed E-state index contributed by atoms with van der Waals surface area (Å²) in [6, 6.07) is 61.6. The molecule has 0 radical (unpaired) electrons. The maximum Gasteiger partial charge on any atom is 0.411 e. The van der Waals surface area contributed by atoms with Crippen molar-refractivity contribution in [2.75, 3.05) is 0 Å². The largest absolute Gasteiger partial charge is 0.478 e. The second kappa shape index (κ2) is 55.9. The number of carboxylic acid groups (broad SMARTS) is 5. The third-order valence-electron chi connectivity index (χ3n) is 17.6. The van der Waals surface area contributed by atoms with E-state index in [1.54, 1.807) is 69.3 Å². The van der Waals surface area contributed by atoms with Gasteiger partial charge < -0.3 is 30.3 Å². The molecule has 0 fully saturated rings. The highest BCUT2D eigenvalue weighted by Gasteiger charge is 2.72. The molecule has 0 bridgehead atoms. The summed E-state index contributed by atoms with van der Waals surface area (Å²) in [4.78, 5) is 165. The SMILES string of the molecule is C.Cc1ccc(-c2ccc(C)c(C(=O)O)c2)cc1.Cc1ccc(C(=O)c2ccc(C)c(C(=O)O)c2)cc1.Cc1ccc(C(c2ccc(C)c(C(=O)O)c2)(C(F)(F)F)C(F)(F)F)cc1.Cc1ccc(C)c(C(=O)O)c1.Cc1ccc(Oc2ccc(C)c(C)c2)cc1.Cc1ccc(S(=O)(=O)c2ccc(C)c(C(=O)O)c2)cc1.O=C=O.O=C=O.O=C=O.O=C=O.O=C=O.O=C=O. The molecule has 128 heavy (non-hydrogen) atoms. The summed E-state index contributed by atoms with van der Waals surface area (Å²) in [5, 5.41) is 45.0. The van der Waals surface area contributed by atoms with Crippen LogP contribution in [0.4, 0.5) is 26.3 Å². The molecule has 0 aliphatic carbocycles. The molecule has 0 aromatic heterocycles. The van der Waals surface area contributed by atoms with E-state index in [1.807, 2.05) is 113 Å². The summed E-state index contributed by atoms with van der Waals surface area (Å²) in [6.45, 7) is 23.8. The number of carbonyl (C=O) groups is 6. The Hall–Kier alpha value is -16.0. The number of hydrogen-bond donors (Lipinski definition) is 5. The quantitative estimate of drug-likeness (QED) is 0.0498. The van der Waals surface area contributed by atoms with Crippen molar-refractivity contribution < 1.29 is 151 Å². The normalized spacial score (nSPS) is 9.74. The Balaban J connectivity index is 0. The molecule has 5 N–H and O–H groups in total. The minimum Gasteiger partial charge on any atom is -0.478 e. The Morgan fingerprint density at radius 2 is 0.547 bits per heavy atom. The number of alkyl halides is 6. The summed E-state index contributed by atoms with van der Waals surface area (Å²) in [7, 11) is -3.69.